The first-order valence-electron chi connectivity index (χ1n) is 13.5. The predicted octanol–water partition coefficient (Wildman–Crippen LogP) is 3.49. The van der Waals surface area contributed by atoms with E-state index in [4.69, 9.17) is 14.2 Å². The van der Waals surface area contributed by atoms with E-state index in [-0.39, 0.29) is 5.75 Å². The Hall–Kier alpha value is -2.04. The van der Waals surface area contributed by atoms with E-state index in [0.717, 1.165) is 45.3 Å². The second-order valence-electron chi connectivity index (χ2n) is 10.1. The number of benzene rings is 1. The lowest BCUT2D eigenvalue weighted by molar-refractivity contribution is 0.158. The van der Waals surface area contributed by atoms with Crippen molar-refractivity contribution in [1.82, 2.24) is 14.5 Å². The van der Waals surface area contributed by atoms with Gasteiger partial charge in [0.25, 0.3) is 0 Å². The summed E-state index contributed by atoms with van der Waals surface area (Å²) in [7, 11) is -3.15. The molecule has 4 rings (SSSR count). The highest BCUT2D eigenvalue weighted by Crippen LogP contribution is 2.39. The summed E-state index contributed by atoms with van der Waals surface area (Å²) < 4.78 is 43.8. The van der Waals surface area contributed by atoms with Gasteiger partial charge in [0.2, 0.25) is 15.8 Å². The Balaban J connectivity index is 1.11. The van der Waals surface area contributed by atoms with E-state index in [9.17, 15) is 13.2 Å². The number of nitrogens with one attached hydrogen (secondary N) is 1. The molecule has 0 saturated carbocycles. The number of amides is 1. The number of carbonyl (C=O) groups is 1. The van der Waals surface area contributed by atoms with Crippen LogP contribution in [0.15, 0.2) is 18.2 Å². The van der Waals surface area contributed by atoms with E-state index >= 15 is 0 Å². The third-order valence-corrected chi connectivity index (χ3v) is 9.47. The van der Waals surface area contributed by atoms with Crippen LogP contribution in [0.3, 0.4) is 0 Å². The number of fused-ring (bicyclic) bond motifs is 1. The third kappa shape index (κ3) is 7.49. The standard InChI is InChI=1S/C26H41N3O6S/c1-2-5-21-10-15-29(16-11-21)36(31,32)19-4-12-28-13-8-22(9-14-28)20-27-26(30)35-24-7-3-6-23-25(24)34-18-17-33-23/h3,6-7,21-22H,2,4-5,8-20H2,1H3,(H,27,30). The van der Waals surface area contributed by atoms with Crippen molar-refractivity contribution in [2.45, 2.75) is 51.9 Å². The molecule has 0 radical (unpaired) electrons. The van der Waals surface area contributed by atoms with Crippen LogP contribution in [0.25, 0.3) is 0 Å². The zero-order valence-corrected chi connectivity index (χ0v) is 22.3. The van der Waals surface area contributed by atoms with Gasteiger partial charge in [-0.2, -0.15) is 0 Å². The first-order valence-corrected chi connectivity index (χ1v) is 15.1. The maximum absolute atomic E-state index is 12.7. The summed E-state index contributed by atoms with van der Waals surface area (Å²) in [5, 5.41) is 2.87. The predicted molar refractivity (Wildman–Crippen MR) is 138 cm³/mol. The number of hydrogen-bond donors (Lipinski definition) is 1. The van der Waals surface area contributed by atoms with Gasteiger partial charge in [0.15, 0.2) is 11.5 Å². The van der Waals surface area contributed by atoms with Crippen molar-refractivity contribution in [1.29, 1.82) is 0 Å². The zero-order valence-electron chi connectivity index (χ0n) is 21.5. The summed E-state index contributed by atoms with van der Waals surface area (Å²) >= 11 is 0. The Morgan fingerprint density at radius 2 is 1.78 bits per heavy atom. The average Bonchev–Trinajstić information content (AvgIpc) is 2.89. The van der Waals surface area contributed by atoms with E-state index in [0.29, 0.717) is 68.4 Å². The van der Waals surface area contributed by atoms with Gasteiger partial charge in [-0.3, -0.25) is 0 Å². The summed E-state index contributed by atoms with van der Waals surface area (Å²) in [6, 6.07) is 5.26. The van der Waals surface area contributed by atoms with Crippen LogP contribution in [0.2, 0.25) is 0 Å². The lowest BCUT2D eigenvalue weighted by Gasteiger charge is -2.33. The largest absolute Gasteiger partial charge is 0.486 e. The van der Waals surface area contributed by atoms with Crippen LogP contribution in [0.4, 0.5) is 4.79 Å². The minimum absolute atomic E-state index is 0.233. The van der Waals surface area contributed by atoms with Crippen LogP contribution >= 0.6 is 0 Å². The molecule has 10 heteroatoms. The molecule has 1 amide bonds. The normalized spacial score (nSPS) is 20.2. The van der Waals surface area contributed by atoms with Gasteiger partial charge in [-0.25, -0.2) is 17.5 Å². The van der Waals surface area contributed by atoms with Crippen LogP contribution in [-0.2, 0) is 10.0 Å². The van der Waals surface area contributed by atoms with E-state index in [1.54, 1.807) is 22.5 Å². The van der Waals surface area contributed by atoms with Crippen molar-refractivity contribution in [2.75, 3.05) is 58.2 Å². The topological polar surface area (TPSA) is 97.4 Å². The van der Waals surface area contributed by atoms with E-state index in [1.807, 2.05) is 0 Å². The van der Waals surface area contributed by atoms with Gasteiger partial charge >= 0.3 is 6.09 Å². The molecular formula is C26H41N3O6S. The van der Waals surface area contributed by atoms with Crippen LogP contribution in [0.5, 0.6) is 17.2 Å². The van der Waals surface area contributed by atoms with Gasteiger partial charge in [0.1, 0.15) is 13.2 Å². The first-order chi connectivity index (χ1) is 17.4. The molecule has 1 aromatic carbocycles. The molecule has 0 spiro atoms. The van der Waals surface area contributed by atoms with Crippen molar-refractivity contribution in [3.8, 4) is 17.2 Å². The SMILES string of the molecule is CCCC1CCN(S(=O)(=O)CCCN2CCC(CNC(=O)Oc3cccc4c3OCCO4)CC2)CC1. The molecule has 2 fully saturated rings. The minimum Gasteiger partial charge on any atom is -0.486 e. The molecule has 0 bridgehead atoms. The van der Waals surface area contributed by atoms with Crippen molar-refractivity contribution in [3.63, 3.8) is 0 Å². The molecule has 202 valence electrons. The highest BCUT2D eigenvalue weighted by molar-refractivity contribution is 7.89. The van der Waals surface area contributed by atoms with Crippen molar-refractivity contribution in [3.05, 3.63) is 18.2 Å². The molecule has 2 saturated heterocycles. The number of hydrogen-bond acceptors (Lipinski definition) is 7. The smallest absolute Gasteiger partial charge is 0.412 e. The summed E-state index contributed by atoms with van der Waals surface area (Å²) in [6.07, 6.45) is 6.49. The lowest BCUT2D eigenvalue weighted by atomic mass is 9.94. The molecule has 36 heavy (non-hydrogen) atoms. The summed E-state index contributed by atoms with van der Waals surface area (Å²) in [6.45, 7) is 7.66. The molecule has 3 aliphatic heterocycles. The Bertz CT molecular complexity index is 956. The average molecular weight is 524 g/mol. The monoisotopic (exact) mass is 523 g/mol. The van der Waals surface area contributed by atoms with Gasteiger partial charge in [-0.15, -0.1) is 0 Å². The molecule has 1 aromatic rings. The molecule has 9 nitrogen and oxygen atoms in total. The van der Waals surface area contributed by atoms with Crippen LogP contribution < -0.4 is 19.5 Å². The number of rotatable bonds is 10. The van der Waals surface area contributed by atoms with Gasteiger partial charge in [0, 0.05) is 19.6 Å². The van der Waals surface area contributed by atoms with E-state index in [1.165, 1.54) is 12.8 Å². The Kier molecular flexibility index (Phi) is 9.73. The molecule has 3 aliphatic rings. The minimum atomic E-state index is -3.15. The Morgan fingerprint density at radius 3 is 2.53 bits per heavy atom. The summed E-state index contributed by atoms with van der Waals surface area (Å²) in [5.74, 6) is 2.72. The number of para-hydroxylation sites is 1. The fourth-order valence-corrected chi connectivity index (χ4v) is 6.91. The van der Waals surface area contributed by atoms with Gasteiger partial charge in [-0.1, -0.05) is 25.8 Å². The maximum Gasteiger partial charge on any atom is 0.412 e. The highest BCUT2D eigenvalue weighted by atomic mass is 32.2. The van der Waals surface area contributed by atoms with Crippen LogP contribution in [0, 0.1) is 11.8 Å². The number of ether oxygens (including phenoxy) is 3. The van der Waals surface area contributed by atoms with E-state index in [2.05, 4.69) is 17.1 Å². The quantitative estimate of drug-likeness (QED) is 0.501. The molecule has 0 unspecified atom stereocenters. The van der Waals surface area contributed by atoms with Crippen molar-refractivity contribution in [2.24, 2.45) is 11.8 Å². The third-order valence-electron chi connectivity index (χ3n) is 7.52. The Labute approximate surface area is 215 Å². The number of nitrogens with zero attached hydrogens (tertiary/aromatic N) is 2. The number of carbonyl (C=O) groups excluding carboxylic acids is 1. The van der Waals surface area contributed by atoms with E-state index < -0.39 is 16.1 Å². The summed E-state index contributed by atoms with van der Waals surface area (Å²) in [4.78, 5) is 14.7. The number of piperidine rings is 2. The second kappa shape index (κ2) is 13.0. The fourth-order valence-electron chi connectivity index (χ4n) is 5.39. The van der Waals surface area contributed by atoms with Gasteiger partial charge in [0.05, 0.1) is 5.75 Å². The lowest BCUT2D eigenvalue weighted by Crippen LogP contribution is -2.41. The first kappa shape index (κ1) is 27.0. The fraction of sp³-hybridized carbons (Fsp3) is 0.731. The molecular weight excluding hydrogens is 482 g/mol. The van der Waals surface area contributed by atoms with Crippen molar-refractivity contribution < 1.29 is 27.4 Å². The molecule has 1 N–H and O–H groups in total. The maximum atomic E-state index is 12.7. The van der Waals surface area contributed by atoms with Gasteiger partial charge < -0.3 is 24.4 Å². The molecule has 0 atom stereocenters. The highest BCUT2D eigenvalue weighted by Gasteiger charge is 2.28. The molecule has 3 heterocycles. The summed E-state index contributed by atoms with van der Waals surface area (Å²) in [5.41, 5.74) is 0. The van der Waals surface area contributed by atoms with Crippen LogP contribution in [-0.4, -0.2) is 82.0 Å². The number of sulfonamides is 1. The molecule has 0 aromatic heterocycles. The second-order valence-corrected chi connectivity index (χ2v) is 12.2. The zero-order chi connectivity index (χ0) is 25.4. The van der Waals surface area contributed by atoms with Crippen LogP contribution in [0.1, 0.15) is 51.9 Å². The van der Waals surface area contributed by atoms with Gasteiger partial charge in [-0.05, 0) is 75.7 Å². The van der Waals surface area contributed by atoms with Crippen molar-refractivity contribution >= 4 is 16.1 Å². The number of likely N-dealkylation sites (tertiary alicyclic amines) is 1. The Morgan fingerprint density at radius 1 is 1.06 bits per heavy atom. The molecule has 0 aliphatic carbocycles.